The molecule has 0 atom stereocenters. The number of nitro groups is 2. The molecule has 0 amide bonds. The summed E-state index contributed by atoms with van der Waals surface area (Å²) < 4.78 is 6.54. The summed E-state index contributed by atoms with van der Waals surface area (Å²) in [5.41, 5.74) is 1.66. The third kappa shape index (κ3) is 27.9. The minimum absolute atomic E-state index is 0. The fourth-order valence-electron chi connectivity index (χ4n) is 11.4. The molecule has 16 aromatic carbocycles. The number of para-hydroxylation sites is 1. The quantitative estimate of drug-likeness (QED) is 0.0420. The van der Waals surface area contributed by atoms with Crippen LogP contribution < -0.4 is 68.3 Å². The predicted molar refractivity (Wildman–Crippen MR) is 490 cm³/mol. The van der Waals surface area contributed by atoms with Crippen LogP contribution in [0.25, 0.3) is 11.1 Å². The second-order valence-corrected chi connectivity index (χ2v) is 35.6. The minimum atomic E-state index is -0.446. The fraction of sp³-hybridized carbons (Fsp3) is 0. The Balaban J connectivity index is 0.000000153. The van der Waals surface area contributed by atoms with E-state index in [0.29, 0.717) is 32.4 Å². The summed E-state index contributed by atoms with van der Waals surface area (Å²) in [6.45, 7) is 0. The molecule has 561 valence electrons. The van der Waals surface area contributed by atoms with E-state index in [1.807, 2.05) is 48.5 Å². The summed E-state index contributed by atoms with van der Waals surface area (Å²) in [6, 6.07) is 158. The molecule has 8 nitrogen and oxygen atoms in total. The van der Waals surface area contributed by atoms with Crippen molar-refractivity contribution in [2.45, 2.75) is 0 Å². The van der Waals surface area contributed by atoms with E-state index < -0.39 is 36.6 Å². The first-order valence-electron chi connectivity index (χ1n) is 35.6. The van der Waals surface area contributed by atoms with Crippen molar-refractivity contribution >= 4 is 162 Å². The van der Waals surface area contributed by atoms with Gasteiger partial charge in [-0.1, -0.05) is 444 Å². The van der Waals surface area contributed by atoms with Gasteiger partial charge in [-0.2, -0.15) is 0 Å². The normalized spacial score (nSPS) is 10.2. The largest absolute Gasteiger partial charge is 0.569 e. The van der Waals surface area contributed by atoms with E-state index in [0.717, 1.165) is 5.56 Å². The van der Waals surface area contributed by atoms with Crippen molar-refractivity contribution < 1.29 is 39.9 Å². The van der Waals surface area contributed by atoms with Crippen LogP contribution >= 0.6 is 79.5 Å². The van der Waals surface area contributed by atoms with E-state index in [-0.39, 0.29) is 36.7 Å². The van der Waals surface area contributed by atoms with Gasteiger partial charge in [0.2, 0.25) is 0 Å². The van der Waals surface area contributed by atoms with E-state index in [1.54, 1.807) is 36.4 Å². The molecule has 0 aliphatic rings. The van der Waals surface area contributed by atoms with Crippen LogP contribution in [0.2, 0.25) is 0 Å². The average Bonchev–Trinajstić information content (AvgIpc) is 0.855. The maximum absolute atomic E-state index is 10.9. The first-order valence-corrected chi connectivity index (χ1v) is 43.3. The van der Waals surface area contributed by atoms with Gasteiger partial charge in [-0.05, 0) is 153 Å². The SMILES string of the molecule is O=[N+]([O-])c1cc(Br)ccc1-c1ccccc1.O=[N+]([O-])c1cc(Br)ccc1Br.O[B]Oc1ccccc1.[Pd].c1ccc(P(c2ccccc2)c2ccccc2)cc1.c1ccc(P(c2ccccc2)c2ccccc2)cc1.c1ccc(P(c2ccccc2)c2ccccc2)cc1.c1ccc(P(c2ccccc2)c2ccccc2)cc1. The third-order valence-corrected chi connectivity index (χ3v) is 27.9. The Morgan fingerprint density at radius 3 is 0.637 bits per heavy atom. The molecule has 0 heterocycles. The van der Waals surface area contributed by atoms with Crippen molar-refractivity contribution in [1.29, 1.82) is 0 Å². The average molecular weight is 1840 g/mol. The summed E-state index contributed by atoms with van der Waals surface area (Å²) >= 11 is 9.44. The maximum Gasteiger partial charge on any atom is 0.569 e. The topological polar surface area (TPSA) is 116 Å². The number of benzene rings is 16. The minimum Gasteiger partial charge on any atom is -0.537 e. The van der Waals surface area contributed by atoms with Gasteiger partial charge in [-0.15, -0.1) is 0 Å². The molecule has 0 aliphatic heterocycles. The Bertz CT molecular complexity index is 4490. The van der Waals surface area contributed by atoms with Crippen molar-refractivity contribution in [3.63, 3.8) is 0 Å². The number of nitrogens with zero attached hydrogens (tertiary/aromatic N) is 2. The second-order valence-electron chi connectivity index (χ2n) is 24.0. The number of hydrogen-bond acceptors (Lipinski definition) is 6. The molecule has 0 saturated heterocycles. The third-order valence-electron chi connectivity index (χ3n) is 16.5. The Labute approximate surface area is 707 Å². The zero-order chi connectivity index (χ0) is 78.2. The maximum atomic E-state index is 10.9. The second kappa shape index (κ2) is 48.8. The van der Waals surface area contributed by atoms with E-state index in [4.69, 9.17) is 5.02 Å². The van der Waals surface area contributed by atoms with Crippen LogP contribution in [-0.4, -0.2) is 22.6 Å². The van der Waals surface area contributed by atoms with Gasteiger partial charge in [-0.3, -0.25) is 20.2 Å². The smallest absolute Gasteiger partial charge is 0.537 e. The first kappa shape index (κ1) is 86.9. The molecule has 0 fully saturated rings. The van der Waals surface area contributed by atoms with Crippen molar-refractivity contribution in [2.24, 2.45) is 0 Å². The fourth-order valence-corrected chi connectivity index (χ4v) is 21.7. The number of rotatable bonds is 17. The van der Waals surface area contributed by atoms with Gasteiger partial charge < -0.3 is 9.68 Å². The Kier molecular flexibility index (Phi) is 37.5. The summed E-state index contributed by atoms with van der Waals surface area (Å²) in [6.07, 6.45) is 0. The van der Waals surface area contributed by atoms with Gasteiger partial charge in [0, 0.05) is 41.5 Å². The molecule has 113 heavy (non-hydrogen) atoms. The van der Waals surface area contributed by atoms with Crippen LogP contribution in [0.1, 0.15) is 0 Å². The summed E-state index contributed by atoms with van der Waals surface area (Å²) in [4.78, 5) is 20.5. The Morgan fingerprint density at radius 2 is 0.442 bits per heavy atom. The van der Waals surface area contributed by atoms with Gasteiger partial charge in [0.1, 0.15) is 0 Å². The van der Waals surface area contributed by atoms with E-state index in [1.165, 1.54) is 75.8 Å². The molecule has 0 spiro atoms. The molecule has 1 radical (unpaired) electrons. The van der Waals surface area contributed by atoms with Gasteiger partial charge in [-0.25, -0.2) is 0 Å². The predicted octanol–water partition coefficient (Wildman–Crippen LogP) is 21.5. The summed E-state index contributed by atoms with van der Waals surface area (Å²) in [7, 11) is -1.12. The van der Waals surface area contributed by atoms with Gasteiger partial charge >= 0.3 is 7.69 Å². The van der Waals surface area contributed by atoms with Crippen LogP contribution in [0.15, 0.2) is 474 Å². The van der Waals surface area contributed by atoms with Gasteiger partial charge in [0.05, 0.1) is 25.6 Å². The molecule has 16 rings (SSSR count). The number of halogens is 3. The van der Waals surface area contributed by atoms with Crippen molar-refractivity contribution in [3.05, 3.63) is 495 Å². The number of nitro benzene ring substituents is 2. The Morgan fingerprint density at radius 1 is 0.257 bits per heavy atom. The van der Waals surface area contributed by atoms with Crippen LogP contribution in [-0.2, 0) is 20.4 Å². The van der Waals surface area contributed by atoms with Crippen molar-refractivity contribution in [2.75, 3.05) is 0 Å². The summed E-state index contributed by atoms with van der Waals surface area (Å²) in [5.74, 6) is 0.639. The monoisotopic (exact) mass is 1830 g/mol. The molecule has 0 bridgehead atoms. The van der Waals surface area contributed by atoms with Crippen molar-refractivity contribution in [3.8, 4) is 16.9 Å². The summed E-state index contributed by atoms with van der Waals surface area (Å²) in [5, 5.41) is 46.2. The number of hydrogen-bond donors (Lipinski definition) is 1. The zero-order valence-electron chi connectivity index (χ0n) is 61.1. The molecule has 0 aromatic heterocycles. The van der Waals surface area contributed by atoms with Crippen LogP contribution in [0.3, 0.4) is 0 Å². The molecular weight excluding hydrogens is 1760 g/mol. The van der Waals surface area contributed by atoms with Gasteiger partial charge in [0.15, 0.2) is 0 Å². The van der Waals surface area contributed by atoms with Gasteiger partial charge in [0.25, 0.3) is 11.4 Å². The van der Waals surface area contributed by atoms with Crippen molar-refractivity contribution in [1.82, 2.24) is 0 Å². The molecule has 0 saturated carbocycles. The van der Waals surface area contributed by atoms with E-state index >= 15 is 0 Å². The first-order chi connectivity index (χ1) is 55.0. The zero-order valence-corrected chi connectivity index (χ0v) is 71.0. The molecule has 0 aliphatic carbocycles. The molecule has 1 N–H and O–H groups in total. The molecule has 17 heteroatoms. The van der Waals surface area contributed by atoms with Crippen LogP contribution in [0, 0.1) is 20.2 Å². The molecular formula is C96H77BBr3N2O6P4Pd. The van der Waals surface area contributed by atoms with Crippen LogP contribution in [0.4, 0.5) is 11.4 Å². The Hall–Kier alpha value is -10.0. The molecule has 0 unspecified atom stereocenters. The van der Waals surface area contributed by atoms with Crippen LogP contribution in [0.5, 0.6) is 5.75 Å². The standard InChI is InChI=1S/4C18H15P.C12H8BrNO2.C6H6BO2.C6H3Br2NO2.Pd/c4*1-4-10-16(11-5-1)19(17-12-6-2-7-13-17)18-14-8-3-9-15-18;13-10-6-7-11(12(8-10)14(15)16)9-4-2-1-3-5-9;8-7-9-6-4-2-1-3-5-6;7-4-1-2-5(8)6(3-4)9(10)11;/h4*1-15H;1-8H;1-5,8H;1-3H;. The molecule has 16 aromatic rings. The van der Waals surface area contributed by atoms with E-state index in [9.17, 15) is 20.2 Å². The van der Waals surface area contributed by atoms with E-state index in [2.05, 4.69) is 416 Å².